The van der Waals surface area contributed by atoms with Gasteiger partial charge in [0.05, 0.1) is 15.5 Å². The highest BCUT2D eigenvalue weighted by molar-refractivity contribution is 7.89. The van der Waals surface area contributed by atoms with E-state index in [0.29, 0.717) is 0 Å². The van der Waals surface area contributed by atoms with Crippen LogP contribution in [0.25, 0.3) is 0 Å². The van der Waals surface area contributed by atoms with Crippen LogP contribution in [-0.4, -0.2) is 18.5 Å². The number of anilines is 2. The maximum atomic E-state index is 13.5. The fourth-order valence-corrected chi connectivity index (χ4v) is 2.48. The van der Waals surface area contributed by atoms with Crippen LogP contribution in [0.1, 0.15) is 0 Å². The number of benzene rings is 2. The van der Waals surface area contributed by atoms with Crippen molar-refractivity contribution in [2.24, 2.45) is 5.14 Å². The van der Waals surface area contributed by atoms with Crippen molar-refractivity contribution in [1.29, 1.82) is 0 Å². The largest absolute Gasteiger partial charge is 0.329 e. The van der Waals surface area contributed by atoms with Crippen LogP contribution in [0, 0.1) is 15.9 Å². The lowest BCUT2D eigenvalue weighted by atomic mass is 10.3. The molecule has 0 heterocycles. The molecule has 9 nitrogen and oxygen atoms in total. The highest BCUT2D eigenvalue weighted by atomic mass is 32.2. The molecule has 0 aliphatic rings. The van der Waals surface area contributed by atoms with Crippen LogP contribution in [0.5, 0.6) is 0 Å². The van der Waals surface area contributed by atoms with Crippen molar-refractivity contribution >= 4 is 44.4 Å². The van der Waals surface area contributed by atoms with Gasteiger partial charge >= 0.3 is 0 Å². The van der Waals surface area contributed by atoms with E-state index in [1.807, 2.05) is 0 Å². The molecule has 0 aromatic heterocycles. The summed E-state index contributed by atoms with van der Waals surface area (Å²) in [6.07, 6.45) is 0. The Morgan fingerprint density at radius 1 is 1.20 bits per heavy atom. The molecule has 25 heavy (non-hydrogen) atoms. The number of hydrazine groups is 1. The number of primary sulfonamides is 1. The molecule has 2 aromatic rings. The van der Waals surface area contributed by atoms with Crippen molar-refractivity contribution in [2.45, 2.75) is 4.90 Å². The van der Waals surface area contributed by atoms with Gasteiger partial charge in [-0.2, -0.15) is 0 Å². The maximum absolute atomic E-state index is 13.5. The Balaban J connectivity index is 2.13. The second-order valence-corrected chi connectivity index (χ2v) is 6.63. The van der Waals surface area contributed by atoms with Crippen molar-refractivity contribution in [1.82, 2.24) is 5.43 Å². The summed E-state index contributed by atoms with van der Waals surface area (Å²) in [6, 6.07) is 8.84. The zero-order valence-corrected chi connectivity index (χ0v) is 14.0. The van der Waals surface area contributed by atoms with Gasteiger partial charge < -0.3 is 5.32 Å². The summed E-state index contributed by atoms with van der Waals surface area (Å²) in [7, 11) is -4.08. The molecule has 0 spiro atoms. The highest BCUT2D eigenvalue weighted by Gasteiger charge is 2.19. The lowest BCUT2D eigenvalue weighted by Crippen LogP contribution is -2.33. The normalized spacial score (nSPS) is 10.8. The summed E-state index contributed by atoms with van der Waals surface area (Å²) in [6.45, 7) is 0. The topological polar surface area (TPSA) is 139 Å². The number of para-hydroxylation sites is 1. The highest BCUT2D eigenvalue weighted by Crippen LogP contribution is 2.26. The van der Waals surface area contributed by atoms with Gasteiger partial charge in [-0.25, -0.2) is 17.9 Å². The van der Waals surface area contributed by atoms with Gasteiger partial charge in [-0.3, -0.25) is 21.0 Å². The molecule has 132 valence electrons. The molecule has 0 aliphatic heterocycles. The number of hydrogen-bond acceptors (Lipinski definition) is 6. The van der Waals surface area contributed by atoms with Crippen molar-refractivity contribution in [3.63, 3.8) is 0 Å². The SMILES string of the molecule is NS(=O)(=O)c1ccc(NNC(=S)Nc2ccccc2F)c([N+](=O)[O-])c1. The van der Waals surface area contributed by atoms with E-state index in [9.17, 15) is 22.9 Å². The number of nitro benzene ring substituents is 1. The summed E-state index contributed by atoms with van der Waals surface area (Å²) >= 11 is 4.95. The predicted octanol–water partition coefficient (Wildman–Crippen LogP) is 1.69. The van der Waals surface area contributed by atoms with Crippen molar-refractivity contribution in [3.05, 3.63) is 58.4 Å². The van der Waals surface area contributed by atoms with E-state index in [0.717, 1.165) is 18.2 Å². The van der Waals surface area contributed by atoms with E-state index < -0.39 is 31.3 Å². The smallest absolute Gasteiger partial charge is 0.295 e. The standard InChI is InChI=1S/C13H12FN5O4S2/c14-9-3-1-2-4-10(9)16-13(24)18-17-11-6-5-8(25(15,22)23)7-12(11)19(20)21/h1-7,17H,(H2,15,22,23)(H2,16,18,24). The van der Waals surface area contributed by atoms with Crippen molar-refractivity contribution in [2.75, 3.05) is 10.7 Å². The quantitative estimate of drug-likeness (QED) is 0.346. The van der Waals surface area contributed by atoms with Gasteiger partial charge in [-0.05, 0) is 36.5 Å². The fraction of sp³-hybridized carbons (Fsp3) is 0. The van der Waals surface area contributed by atoms with Gasteiger partial charge in [0.2, 0.25) is 10.0 Å². The first-order valence-corrected chi connectivity index (χ1v) is 8.52. The number of nitro groups is 1. The molecule has 0 fully saturated rings. The minimum absolute atomic E-state index is 0.0601. The molecule has 0 atom stereocenters. The molecule has 0 aliphatic carbocycles. The Morgan fingerprint density at radius 2 is 1.88 bits per heavy atom. The molecular weight excluding hydrogens is 373 g/mol. The lowest BCUT2D eigenvalue weighted by Gasteiger charge is -2.13. The van der Waals surface area contributed by atoms with E-state index >= 15 is 0 Å². The van der Waals surface area contributed by atoms with Gasteiger partial charge in [0.15, 0.2) is 5.11 Å². The molecule has 0 bridgehead atoms. The number of nitrogens with zero attached hydrogens (tertiary/aromatic N) is 1. The second-order valence-electron chi connectivity index (χ2n) is 4.67. The lowest BCUT2D eigenvalue weighted by molar-refractivity contribution is -0.384. The average molecular weight is 385 g/mol. The van der Waals surface area contributed by atoms with Crippen LogP contribution in [-0.2, 0) is 10.0 Å². The number of sulfonamides is 1. The minimum atomic E-state index is -4.08. The Kier molecular flexibility index (Phi) is 5.46. The number of thiocarbonyl (C=S) groups is 1. The monoisotopic (exact) mass is 385 g/mol. The molecule has 0 radical (unpaired) electrons. The summed E-state index contributed by atoms with van der Waals surface area (Å²) in [5.74, 6) is -0.532. The van der Waals surface area contributed by atoms with Crippen LogP contribution >= 0.6 is 12.2 Å². The molecule has 0 unspecified atom stereocenters. The third-order valence-corrected chi connectivity index (χ3v) is 4.04. The van der Waals surface area contributed by atoms with E-state index in [-0.39, 0.29) is 16.5 Å². The van der Waals surface area contributed by atoms with E-state index in [1.165, 1.54) is 18.2 Å². The Morgan fingerprint density at radius 3 is 2.48 bits per heavy atom. The first-order valence-electron chi connectivity index (χ1n) is 6.57. The van der Waals surface area contributed by atoms with E-state index in [4.69, 9.17) is 17.4 Å². The molecule has 2 rings (SSSR count). The van der Waals surface area contributed by atoms with Crippen LogP contribution in [0.3, 0.4) is 0 Å². The third-order valence-electron chi connectivity index (χ3n) is 2.93. The van der Waals surface area contributed by atoms with Crippen LogP contribution in [0.4, 0.5) is 21.5 Å². The zero-order chi connectivity index (χ0) is 18.6. The third kappa shape index (κ3) is 4.82. The van der Waals surface area contributed by atoms with E-state index in [2.05, 4.69) is 16.2 Å². The molecule has 12 heteroatoms. The molecular formula is C13H12FN5O4S2. The summed E-state index contributed by atoms with van der Waals surface area (Å²) < 4.78 is 36.1. The summed E-state index contributed by atoms with van der Waals surface area (Å²) in [5.41, 5.74) is 4.42. The van der Waals surface area contributed by atoms with Crippen molar-refractivity contribution < 1.29 is 17.7 Å². The maximum Gasteiger partial charge on any atom is 0.295 e. The Labute approximate surface area is 147 Å². The van der Waals surface area contributed by atoms with Crippen molar-refractivity contribution in [3.8, 4) is 0 Å². The predicted molar refractivity (Wildman–Crippen MR) is 93.8 cm³/mol. The van der Waals surface area contributed by atoms with Gasteiger partial charge in [0, 0.05) is 6.07 Å². The Bertz CT molecular complexity index is 936. The minimum Gasteiger partial charge on any atom is -0.329 e. The molecule has 0 saturated carbocycles. The first-order chi connectivity index (χ1) is 11.7. The molecule has 0 amide bonds. The number of hydrogen-bond donors (Lipinski definition) is 4. The van der Waals surface area contributed by atoms with Crippen LogP contribution in [0.2, 0.25) is 0 Å². The molecule has 5 N–H and O–H groups in total. The average Bonchev–Trinajstić information content (AvgIpc) is 2.54. The number of halogens is 1. The van der Waals surface area contributed by atoms with Gasteiger partial charge in [-0.1, -0.05) is 12.1 Å². The number of rotatable bonds is 5. The summed E-state index contributed by atoms with van der Waals surface area (Å²) in [5, 5.41) is 18.5. The van der Waals surface area contributed by atoms with Crippen LogP contribution in [0.15, 0.2) is 47.4 Å². The molecule has 0 saturated heterocycles. The van der Waals surface area contributed by atoms with Crippen LogP contribution < -0.4 is 21.3 Å². The fourth-order valence-electron chi connectivity index (χ4n) is 1.79. The van der Waals surface area contributed by atoms with E-state index in [1.54, 1.807) is 6.07 Å². The second kappa shape index (κ2) is 7.38. The first kappa shape index (κ1) is 18.5. The molecule has 2 aromatic carbocycles. The van der Waals surface area contributed by atoms with Gasteiger partial charge in [0.25, 0.3) is 5.69 Å². The van der Waals surface area contributed by atoms with Gasteiger partial charge in [-0.15, -0.1) is 0 Å². The zero-order valence-electron chi connectivity index (χ0n) is 12.4. The number of nitrogens with one attached hydrogen (secondary N) is 3. The van der Waals surface area contributed by atoms with Gasteiger partial charge in [0.1, 0.15) is 11.5 Å². The summed E-state index contributed by atoms with van der Waals surface area (Å²) in [4.78, 5) is 9.89. The Hall–Kier alpha value is -2.83. The number of nitrogens with two attached hydrogens (primary N) is 1.